The summed E-state index contributed by atoms with van der Waals surface area (Å²) in [7, 11) is 0. The molecule has 2 aromatic carbocycles. The number of benzene rings is 2. The molecule has 1 aliphatic rings. The molecule has 0 spiro atoms. The van der Waals surface area contributed by atoms with Gasteiger partial charge in [-0.1, -0.05) is 30.3 Å². The molecule has 19 heavy (non-hydrogen) atoms. The lowest BCUT2D eigenvalue weighted by atomic mass is 10.2. The van der Waals surface area contributed by atoms with E-state index in [1.807, 2.05) is 36.4 Å². The highest BCUT2D eigenvalue weighted by Crippen LogP contribution is 2.37. The van der Waals surface area contributed by atoms with E-state index in [1.54, 1.807) is 0 Å². The number of carboxylic acids is 1. The molecule has 0 saturated heterocycles. The van der Waals surface area contributed by atoms with E-state index in [0.29, 0.717) is 6.73 Å². The summed E-state index contributed by atoms with van der Waals surface area (Å²) in [5, 5.41) is 7.42. The molecule has 0 amide bonds. The Labute approximate surface area is 111 Å². The number of aliphatic carboxylic acids is 1. The number of carbonyl (C=O) groups is 1. The molecule has 4 heteroatoms. The quantitative estimate of drug-likeness (QED) is 0.851. The highest BCUT2D eigenvalue weighted by molar-refractivity contribution is 5.71. The lowest BCUT2D eigenvalue weighted by molar-refractivity contribution is -0.134. The minimum absolute atomic E-state index is 0.601. The van der Waals surface area contributed by atoms with Crippen molar-refractivity contribution < 1.29 is 14.6 Å². The Morgan fingerprint density at radius 1 is 1.11 bits per heavy atom. The highest BCUT2D eigenvalue weighted by atomic mass is 16.5. The van der Waals surface area contributed by atoms with Crippen molar-refractivity contribution in [3.63, 3.8) is 0 Å². The first kappa shape index (κ1) is 13.0. The standard InChI is InChI=1S/C13H11NO.C2H4O2/c1-2-6-11(7-3-1)14-10-15-13-9-5-4-8-12(13)14;1-2(3)4/h1-9H,10H2;1H3,(H,3,4). The molecule has 0 saturated carbocycles. The van der Waals surface area contributed by atoms with Gasteiger partial charge in [0.25, 0.3) is 5.97 Å². The number of para-hydroxylation sites is 3. The topological polar surface area (TPSA) is 49.8 Å². The number of anilines is 2. The summed E-state index contributed by atoms with van der Waals surface area (Å²) in [5.74, 6) is 0.126. The lowest BCUT2D eigenvalue weighted by Gasteiger charge is -2.15. The molecule has 4 nitrogen and oxygen atoms in total. The van der Waals surface area contributed by atoms with E-state index in [2.05, 4.69) is 23.1 Å². The summed E-state index contributed by atoms with van der Waals surface area (Å²) in [6.45, 7) is 1.68. The Morgan fingerprint density at radius 3 is 2.37 bits per heavy atom. The van der Waals surface area contributed by atoms with E-state index in [-0.39, 0.29) is 0 Å². The maximum Gasteiger partial charge on any atom is 0.300 e. The second-order valence-electron chi connectivity index (χ2n) is 4.02. The van der Waals surface area contributed by atoms with E-state index in [1.165, 1.54) is 5.69 Å². The van der Waals surface area contributed by atoms with E-state index in [9.17, 15) is 0 Å². The zero-order chi connectivity index (χ0) is 13.7. The molecule has 0 radical (unpaired) electrons. The van der Waals surface area contributed by atoms with Crippen molar-refractivity contribution in [2.45, 2.75) is 6.92 Å². The Morgan fingerprint density at radius 2 is 1.68 bits per heavy atom. The van der Waals surface area contributed by atoms with Crippen LogP contribution in [0, 0.1) is 0 Å². The molecular formula is C15H15NO3. The molecule has 98 valence electrons. The van der Waals surface area contributed by atoms with E-state index < -0.39 is 5.97 Å². The van der Waals surface area contributed by atoms with Crippen LogP contribution in [0.5, 0.6) is 5.75 Å². The first-order valence-corrected chi connectivity index (χ1v) is 5.92. The van der Waals surface area contributed by atoms with Gasteiger partial charge in [-0.25, -0.2) is 0 Å². The van der Waals surface area contributed by atoms with Crippen LogP contribution in [0.15, 0.2) is 54.6 Å². The van der Waals surface area contributed by atoms with Crippen LogP contribution in [-0.2, 0) is 4.79 Å². The highest BCUT2D eigenvalue weighted by Gasteiger charge is 2.20. The number of carboxylic acid groups (broad SMARTS) is 1. The van der Waals surface area contributed by atoms with Gasteiger partial charge >= 0.3 is 0 Å². The van der Waals surface area contributed by atoms with Crippen LogP contribution in [0.2, 0.25) is 0 Å². The van der Waals surface area contributed by atoms with Gasteiger partial charge in [0, 0.05) is 12.6 Å². The van der Waals surface area contributed by atoms with Crippen LogP contribution in [0.25, 0.3) is 0 Å². The molecule has 3 rings (SSSR count). The summed E-state index contributed by atoms with van der Waals surface area (Å²) in [6.07, 6.45) is 0. The molecular weight excluding hydrogens is 242 g/mol. The van der Waals surface area contributed by atoms with Gasteiger partial charge < -0.3 is 14.7 Å². The molecule has 0 atom stereocenters. The molecule has 0 fully saturated rings. The van der Waals surface area contributed by atoms with Crippen LogP contribution in [-0.4, -0.2) is 17.8 Å². The van der Waals surface area contributed by atoms with Gasteiger partial charge in [-0.05, 0) is 24.3 Å². The zero-order valence-electron chi connectivity index (χ0n) is 10.6. The Kier molecular flexibility index (Phi) is 4.03. The van der Waals surface area contributed by atoms with Gasteiger partial charge in [0.15, 0.2) is 6.73 Å². The molecule has 0 aliphatic carbocycles. The third kappa shape index (κ3) is 3.25. The van der Waals surface area contributed by atoms with Crippen LogP contribution in [0.4, 0.5) is 11.4 Å². The maximum absolute atomic E-state index is 9.00. The molecule has 0 unspecified atom stereocenters. The SMILES string of the molecule is CC(=O)O.c1ccc(N2COc3ccccc32)cc1. The minimum Gasteiger partial charge on any atom is -0.481 e. The van der Waals surface area contributed by atoms with Gasteiger partial charge in [0.2, 0.25) is 0 Å². The van der Waals surface area contributed by atoms with Crippen LogP contribution in [0.1, 0.15) is 6.92 Å². The van der Waals surface area contributed by atoms with Crippen LogP contribution >= 0.6 is 0 Å². The van der Waals surface area contributed by atoms with Crippen LogP contribution in [0.3, 0.4) is 0 Å². The smallest absolute Gasteiger partial charge is 0.300 e. The number of hydrogen-bond donors (Lipinski definition) is 1. The summed E-state index contributed by atoms with van der Waals surface area (Å²) in [4.78, 5) is 11.2. The van der Waals surface area contributed by atoms with Crippen molar-refractivity contribution in [1.29, 1.82) is 0 Å². The van der Waals surface area contributed by atoms with Gasteiger partial charge in [-0.15, -0.1) is 0 Å². The second kappa shape index (κ2) is 5.91. The van der Waals surface area contributed by atoms with Crippen molar-refractivity contribution in [2.24, 2.45) is 0 Å². The van der Waals surface area contributed by atoms with E-state index in [4.69, 9.17) is 14.6 Å². The summed E-state index contributed by atoms with van der Waals surface area (Å²) >= 11 is 0. The fourth-order valence-corrected chi connectivity index (χ4v) is 1.83. The number of ether oxygens (including phenoxy) is 1. The largest absolute Gasteiger partial charge is 0.481 e. The van der Waals surface area contributed by atoms with Crippen LogP contribution < -0.4 is 9.64 Å². The minimum atomic E-state index is -0.833. The molecule has 1 heterocycles. The Hall–Kier alpha value is -2.49. The van der Waals surface area contributed by atoms with Crippen molar-refractivity contribution >= 4 is 17.3 Å². The summed E-state index contributed by atoms with van der Waals surface area (Å²) < 4.78 is 5.59. The molecule has 0 aromatic heterocycles. The summed E-state index contributed by atoms with van der Waals surface area (Å²) in [6, 6.07) is 18.4. The molecule has 1 N–H and O–H groups in total. The van der Waals surface area contributed by atoms with Gasteiger partial charge in [-0.3, -0.25) is 4.79 Å². The van der Waals surface area contributed by atoms with E-state index >= 15 is 0 Å². The van der Waals surface area contributed by atoms with Crippen molar-refractivity contribution in [2.75, 3.05) is 11.6 Å². The number of fused-ring (bicyclic) bond motifs is 1. The van der Waals surface area contributed by atoms with E-state index in [0.717, 1.165) is 18.4 Å². The second-order valence-corrected chi connectivity index (χ2v) is 4.02. The van der Waals surface area contributed by atoms with Crippen molar-refractivity contribution in [3.8, 4) is 5.75 Å². The summed E-state index contributed by atoms with van der Waals surface area (Å²) in [5.41, 5.74) is 2.31. The monoisotopic (exact) mass is 257 g/mol. The Balaban J connectivity index is 0.000000297. The number of nitrogens with zero attached hydrogens (tertiary/aromatic N) is 1. The lowest BCUT2D eigenvalue weighted by Crippen LogP contribution is -2.14. The fourth-order valence-electron chi connectivity index (χ4n) is 1.83. The average Bonchev–Trinajstić information content (AvgIpc) is 2.83. The third-order valence-corrected chi connectivity index (χ3v) is 2.57. The van der Waals surface area contributed by atoms with Gasteiger partial charge in [0.1, 0.15) is 5.75 Å². The Bertz CT molecular complexity index is 550. The van der Waals surface area contributed by atoms with Crippen molar-refractivity contribution in [1.82, 2.24) is 0 Å². The predicted octanol–water partition coefficient (Wildman–Crippen LogP) is 3.27. The first-order valence-electron chi connectivity index (χ1n) is 5.92. The van der Waals surface area contributed by atoms with Gasteiger partial charge in [0.05, 0.1) is 5.69 Å². The maximum atomic E-state index is 9.00. The average molecular weight is 257 g/mol. The predicted molar refractivity (Wildman–Crippen MR) is 73.8 cm³/mol. The third-order valence-electron chi connectivity index (χ3n) is 2.57. The molecule has 0 bridgehead atoms. The normalized spacial score (nSPS) is 11.9. The van der Waals surface area contributed by atoms with Gasteiger partial charge in [-0.2, -0.15) is 0 Å². The number of rotatable bonds is 1. The van der Waals surface area contributed by atoms with Crippen molar-refractivity contribution in [3.05, 3.63) is 54.6 Å². The fraction of sp³-hybridized carbons (Fsp3) is 0.133. The molecule has 2 aromatic rings. The zero-order valence-corrected chi connectivity index (χ0v) is 10.6. The number of hydrogen-bond acceptors (Lipinski definition) is 3. The molecule has 1 aliphatic heterocycles. The first-order chi connectivity index (χ1) is 9.18.